The lowest BCUT2D eigenvalue weighted by Crippen LogP contribution is -2.39. The van der Waals surface area contributed by atoms with Crippen LogP contribution < -0.4 is 9.46 Å². The molecule has 3 N–H and O–H groups in total. The minimum atomic E-state index is -5.15. The Bertz CT molecular complexity index is 614. The summed E-state index contributed by atoms with van der Waals surface area (Å²) in [4.78, 5) is 38.6. The SMILES string of the molecule is CC(C)CCCC(C)CCCn1cc[n+](CC(P(=O)([O-])O)P(=O)(O)O)c1. The lowest BCUT2D eigenvalue weighted by Gasteiger charge is -2.25. The number of hydrogen-bond acceptors (Lipinski definition) is 3. The van der Waals surface area contributed by atoms with Crippen molar-refractivity contribution in [2.24, 2.45) is 11.8 Å². The van der Waals surface area contributed by atoms with Crippen LogP contribution in [-0.4, -0.2) is 24.6 Å². The maximum atomic E-state index is 11.3. The molecule has 0 aliphatic heterocycles. The molecule has 0 aromatic carbocycles. The number of rotatable bonds is 12. The van der Waals surface area contributed by atoms with Crippen molar-refractivity contribution in [1.29, 1.82) is 0 Å². The average Bonchev–Trinajstić information content (AvgIpc) is 2.89. The Morgan fingerprint density at radius 2 is 1.69 bits per heavy atom. The Labute approximate surface area is 155 Å². The second-order valence-corrected chi connectivity index (χ2v) is 11.5. The maximum absolute atomic E-state index is 11.3. The van der Waals surface area contributed by atoms with Crippen molar-refractivity contribution in [3.05, 3.63) is 18.7 Å². The van der Waals surface area contributed by atoms with E-state index in [9.17, 15) is 14.0 Å². The highest BCUT2D eigenvalue weighted by Gasteiger charge is 2.39. The third kappa shape index (κ3) is 8.94. The molecule has 152 valence electrons. The normalized spacial score (nSPS) is 17.2. The summed E-state index contributed by atoms with van der Waals surface area (Å²) in [5.41, 5.74) is 0. The lowest BCUT2D eigenvalue weighted by atomic mass is 9.96. The van der Waals surface area contributed by atoms with E-state index in [1.807, 2.05) is 4.57 Å². The summed E-state index contributed by atoms with van der Waals surface area (Å²) in [6, 6.07) is 0. The average molecular weight is 410 g/mol. The highest BCUT2D eigenvalue weighted by Crippen LogP contribution is 2.57. The van der Waals surface area contributed by atoms with Gasteiger partial charge in [0.15, 0.2) is 13.0 Å². The third-order valence-corrected chi connectivity index (χ3v) is 8.11. The van der Waals surface area contributed by atoms with Gasteiger partial charge in [-0.25, -0.2) is 9.13 Å². The van der Waals surface area contributed by atoms with Gasteiger partial charge in [-0.05, 0) is 24.7 Å². The molecule has 0 spiro atoms. The molecule has 0 radical (unpaired) electrons. The molecule has 0 saturated carbocycles. The molecule has 0 fully saturated rings. The van der Waals surface area contributed by atoms with Crippen LogP contribution in [0.15, 0.2) is 18.7 Å². The Kier molecular flexibility index (Phi) is 9.21. The van der Waals surface area contributed by atoms with E-state index < -0.39 is 27.1 Å². The second kappa shape index (κ2) is 10.2. The fourth-order valence-electron chi connectivity index (χ4n) is 2.91. The van der Waals surface area contributed by atoms with Crippen LogP contribution in [0.1, 0.15) is 52.9 Å². The smallest absolute Gasteiger partial charge is 0.341 e. The molecule has 0 aliphatic carbocycles. The van der Waals surface area contributed by atoms with Crippen molar-refractivity contribution in [1.82, 2.24) is 4.57 Å². The first-order chi connectivity index (χ1) is 11.9. The van der Waals surface area contributed by atoms with Gasteiger partial charge in [-0.15, -0.1) is 0 Å². The standard InChI is InChI=1S/C16H32N2O6P2/c1-14(2)6-4-7-15(3)8-5-9-17-10-11-18(13-17)12-16(25(19,20)21)26(22,23)24/h10-11,13-16H,4-9,12H2,1-3H3,(H3-,19,20,21,22,23,24). The van der Waals surface area contributed by atoms with Gasteiger partial charge in [0.25, 0.3) is 0 Å². The van der Waals surface area contributed by atoms with Crippen LogP contribution in [0.5, 0.6) is 0 Å². The molecule has 26 heavy (non-hydrogen) atoms. The van der Waals surface area contributed by atoms with E-state index in [4.69, 9.17) is 14.7 Å². The van der Waals surface area contributed by atoms with E-state index in [-0.39, 0.29) is 0 Å². The van der Waals surface area contributed by atoms with Crippen LogP contribution in [0, 0.1) is 11.8 Å². The highest BCUT2D eigenvalue weighted by atomic mass is 31.2. The number of nitrogens with zero attached hydrogens (tertiary/aromatic N) is 2. The molecule has 0 amide bonds. The predicted octanol–water partition coefficient (Wildman–Crippen LogP) is 2.07. The van der Waals surface area contributed by atoms with Crippen molar-refractivity contribution < 1.29 is 33.3 Å². The van der Waals surface area contributed by atoms with Crippen molar-refractivity contribution >= 4 is 15.2 Å². The van der Waals surface area contributed by atoms with Crippen LogP contribution in [0.2, 0.25) is 0 Å². The molecule has 3 atom stereocenters. The van der Waals surface area contributed by atoms with Gasteiger partial charge in [0, 0.05) is 0 Å². The van der Waals surface area contributed by atoms with Crippen LogP contribution in [0.4, 0.5) is 0 Å². The topological polar surface area (TPSA) is 127 Å². The highest BCUT2D eigenvalue weighted by molar-refractivity contribution is 7.70. The quantitative estimate of drug-likeness (QED) is 0.358. The van der Waals surface area contributed by atoms with E-state index in [0.717, 1.165) is 25.3 Å². The van der Waals surface area contributed by atoms with E-state index >= 15 is 0 Å². The minimum absolute atomic E-state index is 0.486. The number of hydrogen-bond donors (Lipinski definition) is 3. The summed E-state index contributed by atoms with van der Waals surface area (Å²) in [5, 5.41) is -2.13. The molecule has 3 unspecified atom stereocenters. The fraction of sp³-hybridized carbons (Fsp3) is 0.812. The van der Waals surface area contributed by atoms with Gasteiger partial charge in [-0.3, -0.25) is 4.57 Å². The molecular weight excluding hydrogens is 378 g/mol. The van der Waals surface area contributed by atoms with Gasteiger partial charge >= 0.3 is 7.60 Å². The number of aryl methyl sites for hydroxylation is 1. The van der Waals surface area contributed by atoms with Crippen molar-refractivity contribution in [2.75, 3.05) is 0 Å². The Balaban J connectivity index is 2.48. The molecular formula is C16H32N2O6P2. The number of imidazole rings is 1. The molecule has 8 nitrogen and oxygen atoms in total. The van der Waals surface area contributed by atoms with Crippen molar-refractivity contribution in [2.45, 2.75) is 71.4 Å². The van der Waals surface area contributed by atoms with Gasteiger partial charge < -0.3 is 24.1 Å². The Morgan fingerprint density at radius 1 is 1.08 bits per heavy atom. The lowest BCUT2D eigenvalue weighted by molar-refractivity contribution is -0.694. The molecule has 1 heterocycles. The maximum Gasteiger partial charge on any atom is 0.341 e. The van der Waals surface area contributed by atoms with Crippen molar-refractivity contribution in [3.8, 4) is 0 Å². The summed E-state index contributed by atoms with van der Waals surface area (Å²) in [5.74, 6) is 1.38. The van der Waals surface area contributed by atoms with Gasteiger partial charge in [-0.1, -0.05) is 40.0 Å². The zero-order chi connectivity index (χ0) is 20.0. The zero-order valence-corrected chi connectivity index (χ0v) is 17.6. The largest absolute Gasteiger partial charge is 0.778 e. The Morgan fingerprint density at radius 3 is 2.23 bits per heavy atom. The van der Waals surface area contributed by atoms with Crippen LogP contribution in [-0.2, 0) is 22.2 Å². The van der Waals surface area contributed by atoms with Crippen LogP contribution in [0.25, 0.3) is 0 Å². The first-order valence-electron chi connectivity index (χ1n) is 9.03. The summed E-state index contributed by atoms with van der Waals surface area (Å²) < 4.78 is 25.8. The molecule has 0 bridgehead atoms. The van der Waals surface area contributed by atoms with E-state index in [0.29, 0.717) is 5.92 Å². The van der Waals surface area contributed by atoms with Gasteiger partial charge in [0.05, 0.1) is 6.54 Å². The molecule has 1 rings (SSSR count). The summed E-state index contributed by atoms with van der Waals surface area (Å²) in [7, 11) is -10.1. The summed E-state index contributed by atoms with van der Waals surface area (Å²) >= 11 is 0. The molecule has 1 aromatic heterocycles. The minimum Gasteiger partial charge on any atom is -0.778 e. The summed E-state index contributed by atoms with van der Waals surface area (Å²) in [6.45, 7) is 6.96. The predicted molar refractivity (Wildman–Crippen MR) is 97.4 cm³/mol. The first-order valence-corrected chi connectivity index (χ1v) is 12.4. The third-order valence-electron chi connectivity index (χ3n) is 4.48. The first kappa shape index (κ1) is 23.5. The van der Waals surface area contributed by atoms with Gasteiger partial charge in [0.1, 0.15) is 18.9 Å². The van der Waals surface area contributed by atoms with E-state index in [1.54, 1.807) is 18.7 Å². The van der Waals surface area contributed by atoms with E-state index in [2.05, 4.69) is 20.8 Å². The molecule has 1 aromatic rings. The fourth-order valence-corrected chi connectivity index (χ4v) is 5.23. The monoisotopic (exact) mass is 410 g/mol. The van der Waals surface area contributed by atoms with E-state index in [1.165, 1.54) is 23.8 Å². The van der Waals surface area contributed by atoms with Gasteiger partial charge in [-0.2, -0.15) is 0 Å². The Hall–Kier alpha value is -0.490. The number of aromatic nitrogens is 2. The molecule has 10 heteroatoms. The van der Waals surface area contributed by atoms with Crippen LogP contribution >= 0.6 is 15.2 Å². The van der Waals surface area contributed by atoms with Crippen molar-refractivity contribution in [3.63, 3.8) is 0 Å². The summed E-state index contributed by atoms with van der Waals surface area (Å²) in [6.07, 6.45) is 10.6. The molecule has 0 aliphatic rings. The van der Waals surface area contributed by atoms with Crippen LogP contribution in [0.3, 0.4) is 0 Å². The zero-order valence-electron chi connectivity index (χ0n) is 15.8. The second-order valence-electron chi connectivity index (χ2n) is 7.55. The molecule has 0 saturated heterocycles. The van der Waals surface area contributed by atoms with Gasteiger partial charge in [0.2, 0.25) is 6.33 Å².